The SMILES string of the molecule is CN(C)CCCCn1cc[n+](Cc2ccccc2)c1. The largest absolute Gasteiger partial charge is 0.309 e. The first-order valence-electron chi connectivity index (χ1n) is 6.97. The van der Waals surface area contributed by atoms with Crippen LogP contribution in [0.2, 0.25) is 0 Å². The lowest BCUT2D eigenvalue weighted by Crippen LogP contribution is -2.31. The lowest BCUT2D eigenvalue weighted by Gasteiger charge is -2.07. The van der Waals surface area contributed by atoms with Crippen molar-refractivity contribution in [2.75, 3.05) is 20.6 Å². The van der Waals surface area contributed by atoms with Crippen molar-refractivity contribution >= 4 is 0 Å². The average molecular weight is 258 g/mol. The van der Waals surface area contributed by atoms with Gasteiger partial charge in [-0.2, -0.15) is 0 Å². The van der Waals surface area contributed by atoms with Gasteiger partial charge in [-0.3, -0.25) is 0 Å². The van der Waals surface area contributed by atoms with E-state index in [0.717, 1.165) is 13.1 Å². The summed E-state index contributed by atoms with van der Waals surface area (Å²) in [6.45, 7) is 3.23. The van der Waals surface area contributed by atoms with Crippen LogP contribution in [0.1, 0.15) is 18.4 Å². The molecule has 0 bridgehead atoms. The summed E-state index contributed by atoms with van der Waals surface area (Å²) in [5.41, 5.74) is 1.35. The summed E-state index contributed by atoms with van der Waals surface area (Å²) in [4.78, 5) is 2.24. The van der Waals surface area contributed by atoms with Gasteiger partial charge >= 0.3 is 0 Å². The predicted molar refractivity (Wildman–Crippen MR) is 78.0 cm³/mol. The second-order valence-electron chi connectivity index (χ2n) is 5.32. The Kier molecular flexibility index (Phi) is 5.16. The normalized spacial score (nSPS) is 11.1. The van der Waals surface area contributed by atoms with E-state index in [9.17, 15) is 0 Å². The topological polar surface area (TPSA) is 12.1 Å². The zero-order valence-electron chi connectivity index (χ0n) is 12.0. The second kappa shape index (κ2) is 7.10. The van der Waals surface area contributed by atoms with E-state index >= 15 is 0 Å². The van der Waals surface area contributed by atoms with Gasteiger partial charge in [-0.25, -0.2) is 9.13 Å². The number of hydrogen-bond acceptors (Lipinski definition) is 1. The summed E-state index contributed by atoms with van der Waals surface area (Å²) >= 11 is 0. The lowest BCUT2D eigenvalue weighted by molar-refractivity contribution is -0.687. The number of rotatable bonds is 7. The number of hydrogen-bond donors (Lipinski definition) is 0. The molecule has 0 aliphatic rings. The van der Waals surface area contributed by atoms with Gasteiger partial charge in [0.2, 0.25) is 6.33 Å². The lowest BCUT2D eigenvalue weighted by atomic mass is 10.2. The molecule has 2 rings (SSSR count). The summed E-state index contributed by atoms with van der Waals surface area (Å²) < 4.78 is 4.51. The molecule has 0 saturated heterocycles. The highest BCUT2D eigenvalue weighted by molar-refractivity contribution is 5.13. The minimum Gasteiger partial charge on any atom is -0.309 e. The summed E-state index contributed by atoms with van der Waals surface area (Å²) in [7, 11) is 4.26. The van der Waals surface area contributed by atoms with Crippen LogP contribution in [0.25, 0.3) is 0 Å². The van der Waals surface area contributed by atoms with E-state index in [4.69, 9.17) is 0 Å². The molecular formula is C16H24N3+. The van der Waals surface area contributed by atoms with Gasteiger partial charge in [0.15, 0.2) is 0 Å². The standard InChI is InChI=1S/C16H24N3/c1-17(2)10-6-7-11-18-12-13-19(15-18)14-16-8-4-3-5-9-16/h3-5,8-9,12-13,15H,6-7,10-11,14H2,1-2H3/q+1. The highest BCUT2D eigenvalue weighted by Gasteiger charge is 2.04. The first-order chi connectivity index (χ1) is 9.24. The van der Waals surface area contributed by atoms with Crippen LogP contribution >= 0.6 is 0 Å². The molecule has 3 heteroatoms. The molecule has 0 aliphatic carbocycles. The number of aromatic nitrogens is 2. The first-order valence-corrected chi connectivity index (χ1v) is 6.97. The van der Waals surface area contributed by atoms with Crippen LogP contribution in [0.15, 0.2) is 49.1 Å². The molecule has 0 atom stereocenters. The van der Waals surface area contributed by atoms with Crippen LogP contribution in [-0.4, -0.2) is 30.1 Å². The van der Waals surface area contributed by atoms with Gasteiger partial charge in [0.1, 0.15) is 18.9 Å². The summed E-state index contributed by atoms with van der Waals surface area (Å²) in [5.74, 6) is 0. The third kappa shape index (κ3) is 4.87. The fourth-order valence-electron chi connectivity index (χ4n) is 2.18. The molecule has 0 fully saturated rings. The van der Waals surface area contributed by atoms with E-state index in [1.807, 2.05) is 0 Å². The zero-order chi connectivity index (χ0) is 13.5. The Hall–Kier alpha value is -1.61. The maximum absolute atomic E-state index is 2.28. The molecule has 1 aromatic carbocycles. The molecule has 0 spiro atoms. The smallest absolute Gasteiger partial charge is 0.244 e. The Balaban J connectivity index is 1.79. The van der Waals surface area contributed by atoms with Crippen molar-refractivity contribution in [3.63, 3.8) is 0 Å². The van der Waals surface area contributed by atoms with Gasteiger partial charge < -0.3 is 4.90 Å². The predicted octanol–water partition coefficient (Wildman–Crippen LogP) is 2.17. The quantitative estimate of drug-likeness (QED) is 0.547. The highest BCUT2D eigenvalue weighted by atomic mass is 15.1. The van der Waals surface area contributed by atoms with Crippen LogP contribution in [0, 0.1) is 0 Å². The van der Waals surface area contributed by atoms with Gasteiger partial charge in [0.05, 0.1) is 6.54 Å². The molecule has 0 N–H and O–H groups in total. The van der Waals surface area contributed by atoms with Crippen molar-refractivity contribution in [1.82, 2.24) is 9.47 Å². The number of aryl methyl sites for hydroxylation is 1. The Bertz CT molecular complexity index is 474. The number of imidazole rings is 1. The second-order valence-corrected chi connectivity index (χ2v) is 5.32. The van der Waals surface area contributed by atoms with Gasteiger partial charge in [0, 0.05) is 0 Å². The minimum atomic E-state index is 0.950. The molecule has 0 amide bonds. The molecule has 0 radical (unpaired) electrons. The van der Waals surface area contributed by atoms with Crippen LogP contribution < -0.4 is 4.57 Å². The number of unbranched alkanes of at least 4 members (excludes halogenated alkanes) is 1. The monoisotopic (exact) mass is 258 g/mol. The third-order valence-electron chi connectivity index (χ3n) is 3.23. The number of benzene rings is 1. The van der Waals surface area contributed by atoms with Crippen molar-refractivity contribution < 1.29 is 4.57 Å². The molecule has 3 nitrogen and oxygen atoms in total. The summed E-state index contributed by atoms with van der Waals surface area (Å²) in [6, 6.07) is 10.6. The molecule has 1 heterocycles. The Morgan fingerprint density at radius 1 is 1.11 bits per heavy atom. The summed E-state index contributed by atoms with van der Waals surface area (Å²) in [6.07, 6.45) is 9.00. The third-order valence-corrected chi connectivity index (χ3v) is 3.23. The van der Waals surface area contributed by atoms with Gasteiger partial charge in [-0.15, -0.1) is 0 Å². The van der Waals surface area contributed by atoms with E-state index in [1.165, 1.54) is 24.9 Å². The maximum Gasteiger partial charge on any atom is 0.244 e. The van der Waals surface area contributed by atoms with Gasteiger partial charge in [-0.05, 0) is 39.0 Å². The molecule has 19 heavy (non-hydrogen) atoms. The van der Waals surface area contributed by atoms with Crippen LogP contribution in [0.5, 0.6) is 0 Å². The summed E-state index contributed by atoms with van der Waals surface area (Å²) in [5, 5.41) is 0. The molecular weight excluding hydrogens is 234 g/mol. The Morgan fingerprint density at radius 2 is 1.89 bits per heavy atom. The molecule has 0 aliphatic heterocycles. The Labute approximate surface area is 116 Å². The fourth-order valence-corrected chi connectivity index (χ4v) is 2.18. The van der Waals surface area contributed by atoms with E-state index < -0.39 is 0 Å². The molecule has 102 valence electrons. The van der Waals surface area contributed by atoms with Crippen molar-refractivity contribution in [2.24, 2.45) is 0 Å². The van der Waals surface area contributed by atoms with Crippen molar-refractivity contribution in [3.05, 3.63) is 54.6 Å². The molecule has 2 aromatic rings. The van der Waals surface area contributed by atoms with Gasteiger partial charge in [-0.1, -0.05) is 30.3 Å². The van der Waals surface area contributed by atoms with Crippen LogP contribution in [0.3, 0.4) is 0 Å². The van der Waals surface area contributed by atoms with Gasteiger partial charge in [0.25, 0.3) is 0 Å². The van der Waals surface area contributed by atoms with Crippen LogP contribution in [-0.2, 0) is 13.1 Å². The average Bonchev–Trinajstić information content (AvgIpc) is 2.83. The molecule has 0 unspecified atom stereocenters. The fraction of sp³-hybridized carbons (Fsp3) is 0.438. The van der Waals surface area contributed by atoms with Crippen molar-refractivity contribution in [3.8, 4) is 0 Å². The van der Waals surface area contributed by atoms with E-state index in [1.54, 1.807) is 0 Å². The van der Waals surface area contributed by atoms with Crippen LogP contribution in [0.4, 0.5) is 0 Å². The van der Waals surface area contributed by atoms with Crippen molar-refractivity contribution in [1.29, 1.82) is 0 Å². The zero-order valence-corrected chi connectivity index (χ0v) is 12.0. The first kappa shape index (κ1) is 13.8. The Morgan fingerprint density at radius 3 is 2.63 bits per heavy atom. The highest BCUT2D eigenvalue weighted by Crippen LogP contribution is 1.99. The van der Waals surface area contributed by atoms with E-state index in [2.05, 4.69) is 77.2 Å². The van der Waals surface area contributed by atoms with E-state index in [0.29, 0.717) is 0 Å². The minimum absolute atomic E-state index is 0.950. The molecule has 0 saturated carbocycles. The van der Waals surface area contributed by atoms with Crippen molar-refractivity contribution in [2.45, 2.75) is 25.9 Å². The molecule has 1 aromatic heterocycles. The number of nitrogens with zero attached hydrogens (tertiary/aromatic N) is 3. The van der Waals surface area contributed by atoms with E-state index in [-0.39, 0.29) is 0 Å². The maximum atomic E-state index is 2.28.